The van der Waals surface area contributed by atoms with Gasteiger partial charge in [-0.1, -0.05) is 12.1 Å². The number of rotatable bonds is 5. The summed E-state index contributed by atoms with van der Waals surface area (Å²) in [7, 11) is 0. The van der Waals surface area contributed by atoms with Crippen molar-refractivity contribution in [3.05, 3.63) is 69.1 Å². The highest BCUT2D eigenvalue weighted by molar-refractivity contribution is 7.14. The summed E-state index contributed by atoms with van der Waals surface area (Å²) in [4.78, 5) is 29.2. The maximum atomic E-state index is 13.1. The first kappa shape index (κ1) is 16.3. The van der Waals surface area contributed by atoms with Gasteiger partial charge in [0.05, 0.1) is 6.54 Å². The molecule has 5 nitrogen and oxygen atoms in total. The van der Waals surface area contributed by atoms with Crippen molar-refractivity contribution in [2.45, 2.75) is 6.54 Å². The Bertz CT molecular complexity index is 862. The van der Waals surface area contributed by atoms with Crippen LogP contribution in [-0.2, 0) is 6.54 Å². The quantitative estimate of drug-likeness (QED) is 0.730. The fourth-order valence-corrected chi connectivity index (χ4v) is 3.24. The number of aromatic nitrogens is 1. The van der Waals surface area contributed by atoms with Crippen molar-refractivity contribution in [3.8, 4) is 0 Å². The van der Waals surface area contributed by atoms with Crippen molar-refractivity contribution in [3.63, 3.8) is 0 Å². The van der Waals surface area contributed by atoms with Crippen LogP contribution in [0.15, 0.2) is 47.2 Å². The lowest BCUT2D eigenvalue weighted by Gasteiger charge is -2.02. The third-order valence-corrected chi connectivity index (χ3v) is 4.68. The SMILES string of the molecule is O=C(Nc1nc(C(=O)NCc2cccs2)cs1)c1cccc(F)c1. The Hall–Kier alpha value is -2.58. The molecule has 0 bridgehead atoms. The minimum Gasteiger partial charge on any atom is -0.346 e. The molecule has 2 aromatic heterocycles. The number of thiophene rings is 1. The Morgan fingerprint density at radius 2 is 2.00 bits per heavy atom. The van der Waals surface area contributed by atoms with E-state index in [1.165, 1.54) is 18.2 Å². The number of amides is 2. The van der Waals surface area contributed by atoms with Gasteiger partial charge in [-0.3, -0.25) is 14.9 Å². The number of halogens is 1. The molecule has 122 valence electrons. The van der Waals surface area contributed by atoms with Crippen molar-refractivity contribution in [1.29, 1.82) is 0 Å². The predicted molar refractivity (Wildman–Crippen MR) is 92.0 cm³/mol. The van der Waals surface area contributed by atoms with Gasteiger partial charge < -0.3 is 5.32 Å². The number of hydrogen-bond donors (Lipinski definition) is 2. The normalized spacial score (nSPS) is 10.4. The Morgan fingerprint density at radius 3 is 2.75 bits per heavy atom. The van der Waals surface area contributed by atoms with Crippen molar-refractivity contribution in [2.75, 3.05) is 5.32 Å². The topological polar surface area (TPSA) is 71.1 Å². The zero-order chi connectivity index (χ0) is 16.9. The van der Waals surface area contributed by atoms with Gasteiger partial charge in [-0.05, 0) is 29.6 Å². The molecular formula is C16H12FN3O2S2. The van der Waals surface area contributed by atoms with Crippen molar-refractivity contribution < 1.29 is 14.0 Å². The second kappa shape index (κ2) is 7.33. The molecule has 2 N–H and O–H groups in total. The zero-order valence-electron chi connectivity index (χ0n) is 12.3. The number of thiazole rings is 1. The average molecular weight is 361 g/mol. The van der Waals surface area contributed by atoms with Crippen LogP contribution in [0.5, 0.6) is 0 Å². The van der Waals surface area contributed by atoms with Crippen molar-refractivity contribution >= 4 is 39.6 Å². The van der Waals surface area contributed by atoms with Gasteiger partial charge in [0.15, 0.2) is 5.13 Å². The maximum Gasteiger partial charge on any atom is 0.271 e. The summed E-state index contributed by atoms with van der Waals surface area (Å²) in [6.07, 6.45) is 0. The van der Waals surface area contributed by atoms with Gasteiger partial charge in [0.1, 0.15) is 11.5 Å². The van der Waals surface area contributed by atoms with Crippen LogP contribution < -0.4 is 10.6 Å². The van der Waals surface area contributed by atoms with Crippen LogP contribution in [0, 0.1) is 5.82 Å². The number of benzene rings is 1. The molecule has 8 heteroatoms. The molecule has 0 unspecified atom stereocenters. The predicted octanol–water partition coefficient (Wildman–Crippen LogP) is 3.53. The van der Waals surface area contributed by atoms with Gasteiger partial charge >= 0.3 is 0 Å². The van der Waals surface area contributed by atoms with Crippen LogP contribution in [0.3, 0.4) is 0 Å². The molecule has 2 amide bonds. The third-order valence-electron chi connectivity index (χ3n) is 3.05. The molecule has 0 radical (unpaired) electrons. The first-order valence-electron chi connectivity index (χ1n) is 6.95. The molecular weight excluding hydrogens is 349 g/mol. The lowest BCUT2D eigenvalue weighted by Crippen LogP contribution is -2.22. The molecule has 0 atom stereocenters. The first-order valence-corrected chi connectivity index (χ1v) is 8.71. The average Bonchev–Trinajstić information content (AvgIpc) is 3.24. The van der Waals surface area contributed by atoms with E-state index in [2.05, 4.69) is 15.6 Å². The standard InChI is InChI=1S/C16H12FN3O2S2/c17-11-4-1-3-10(7-11)14(21)20-16-19-13(9-24-16)15(22)18-8-12-5-2-6-23-12/h1-7,9H,8H2,(H,18,22)(H,19,20,21). The number of anilines is 1. The van der Waals surface area contributed by atoms with E-state index in [1.807, 2.05) is 17.5 Å². The highest BCUT2D eigenvalue weighted by Gasteiger charge is 2.13. The molecule has 3 rings (SSSR count). The molecule has 0 aliphatic rings. The summed E-state index contributed by atoms with van der Waals surface area (Å²) < 4.78 is 13.1. The van der Waals surface area contributed by atoms with E-state index >= 15 is 0 Å². The second-order valence-electron chi connectivity index (χ2n) is 4.76. The minimum absolute atomic E-state index is 0.189. The van der Waals surface area contributed by atoms with Crippen LogP contribution in [0.1, 0.15) is 25.7 Å². The summed E-state index contributed by atoms with van der Waals surface area (Å²) in [5.41, 5.74) is 0.417. The number of carbonyl (C=O) groups is 2. The lowest BCUT2D eigenvalue weighted by molar-refractivity contribution is 0.0945. The molecule has 0 spiro atoms. The summed E-state index contributed by atoms with van der Waals surface area (Å²) in [5.74, 6) is -1.28. The van der Waals surface area contributed by atoms with E-state index in [-0.39, 0.29) is 22.3 Å². The molecule has 2 heterocycles. The van der Waals surface area contributed by atoms with Crippen LogP contribution >= 0.6 is 22.7 Å². The molecule has 0 aliphatic heterocycles. The smallest absolute Gasteiger partial charge is 0.271 e. The van der Waals surface area contributed by atoms with E-state index < -0.39 is 11.7 Å². The van der Waals surface area contributed by atoms with Gasteiger partial charge in [-0.25, -0.2) is 9.37 Å². The summed E-state index contributed by atoms with van der Waals surface area (Å²) in [6, 6.07) is 9.19. The van der Waals surface area contributed by atoms with E-state index in [4.69, 9.17) is 0 Å². The van der Waals surface area contributed by atoms with Gasteiger partial charge in [0.2, 0.25) is 0 Å². The summed E-state index contributed by atoms with van der Waals surface area (Å²) in [6.45, 7) is 0.430. The zero-order valence-corrected chi connectivity index (χ0v) is 13.9. The Morgan fingerprint density at radius 1 is 1.12 bits per heavy atom. The molecule has 3 aromatic rings. The number of nitrogens with zero attached hydrogens (tertiary/aromatic N) is 1. The Balaban J connectivity index is 1.60. The highest BCUT2D eigenvalue weighted by Crippen LogP contribution is 2.17. The third kappa shape index (κ3) is 4.03. The van der Waals surface area contributed by atoms with Gasteiger partial charge in [-0.2, -0.15) is 0 Å². The van der Waals surface area contributed by atoms with E-state index in [0.29, 0.717) is 6.54 Å². The second-order valence-corrected chi connectivity index (χ2v) is 6.65. The van der Waals surface area contributed by atoms with Crippen molar-refractivity contribution in [1.82, 2.24) is 10.3 Å². The largest absolute Gasteiger partial charge is 0.346 e. The lowest BCUT2D eigenvalue weighted by atomic mass is 10.2. The molecule has 1 aromatic carbocycles. The molecule has 0 fully saturated rings. The fraction of sp³-hybridized carbons (Fsp3) is 0.0625. The fourth-order valence-electron chi connectivity index (χ4n) is 1.91. The van der Waals surface area contributed by atoms with Crippen LogP contribution in [0.2, 0.25) is 0 Å². The number of nitrogens with one attached hydrogen (secondary N) is 2. The van der Waals surface area contributed by atoms with E-state index in [1.54, 1.807) is 16.7 Å². The van der Waals surface area contributed by atoms with Crippen LogP contribution in [0.4, 0.5) is 9.52 Å². The Labute approximate surface area is 145 Å². The highest BCUT2D eigenvalue weighted by atomic mass is 32.1. The summed E-state index contributed by atoms with van der Waals surface area (Å²) in [5, 5.41) is 9.09. The van der Waals surface area contributed by atoms with Crippen LogP contribution in [0.25, 0.3) is 0 Å². The van der Waals surface area contributed by atoms with Gasteiger partial charge in [-0.15, -0.1) is 22.7 Å². The first-order chi connectivity index (χ1) is 11.6. The van der Waals surface area contributed by atoms with Gasteiger partial charge in [0.25, 0.3) is 11.8 Å². The van der Waals surface area contributed by atoms with Crippen molar-refractivity contribution in [2.24, 2.45) is 0 Å². The number of carbonyl (C=O) groups excluding carboxylic acids is 2. The monoisotopic (exact) mass is 361 g/mol. The molecule has 0 saturated carbocycles. The van der Waals surface area contributed by atoms with Crippen LogP contribution in [-0.4, -0.2) is 16.8 Å². The minimum atomic E-state index is -0.490. The summed E-state index contributed by atoms with van der Waals surface area (Å²) >= 11 is 2.69. The van der Waals surface area contributed by atoms with E-state index in [9.17, 15) is 14.0 Å². The molecule has 0 saturated heterocycles. The van der Waals surface area contributed by atoms with Gasteiger partial charge in [0, 0.05) is 15.8 Å². The molecule has 24 heavy (non-hydrogen) atoms. The maximum absolute atomic E-state index is 13.1. The number of hydrogen-bond acceptors (Lipinski definition) is 5. The van der Waals surface area contributed by atoms with E-state index in [0.717, 1.165) is 22.3 Å². The Kier molecular flexibility index (Phi) is 4.97. The molecule has 0 aliphatic carbocycles.